The average molecular weight is 499 g/mol. The zero-order valence-electron chi connectivity index (χ0n) is 19.1. The van der Waals surface area contributed by atoms with Crippen LogP contribution in [0.5, 0.6) is 0 Å². The first-order valence-electron chi connectivity index (χ1n) is 10.9. The molecule has 184 valence electrons. The molecule has 10 heteroatoms. The minimum Gasteiger partial charge on any atom is -0.481 e. The van der Waals surface area contributed by atoms with Gasteiger partial charge in [-0.05, 0) is 35.4 Å². The van der Waals surface area contributed by atoms with Crippen LogP contribution in [0.15, 0.2) is 77.7 Å². The molecule has 0 aromatic heterocycles. The number of hydrogen-bond donors (Lipinski definition) is 2. The number of esters is 1. The van der Waals surface area contributed by atoms with Crippen molar-refractivity contribution < 1.29 is 32.6 Å². The van der Waals surface area contributed by atoms with Crippen LogP contribution in [0.1, 0.15) is 18.9 Å². The second-order valence-corrected chi connectivity index (χ2v) is 9.48. The number of rotatable bonds is 11. The summed E-state index contributed by atoms with van der Waals surface area (Å²) in [7, 11) is -4.26. The molecule has 1 atom stereocenters. The summed E-state index contributed by atoms with van der Waals surface area (Å²) in [5.41, 5.74) is 0.677. The summed E-state index contributed by atoms with van der Waals surface area (Å²) >= 11 is 0. The first-order valence-corrected chi connectivity index (χ1v) is 12.4. The first kappa shape index (κ1) is 25.9. The Hall–Kier alpha value is -3.76. The fourth-order valence-electron chi connectivity index (χ4n) is 3.54. The van der Waals surface area contributed by atoms with Gasteiger partial charge in [0.05, 0.1) is 17.9 Å². The van der Waals surface area contributed by atoms with Crippen molar-refractivity contribution in [1.29, 1.82) is 0 Å². The summed E-state index contributed by atoms with van der Waals surface area (Å²) in [6.07, 6.45) is -0.806. The monoisotopic (exact) mass is 498 g/mol. The molecule has 2 N–H and O–H groups in total. The van der Waals surface area contributed by atoms with Crippen LogP contribution < -0.4 is 4.72 Å². The van der Waals surface area contributed by atoms with Crippen LogP contribution in [-0.4, -0.2) is 55.5 Å². The first-order chi connectivity index (χ1) is 16.7. The fraction of sp³-hybridized carbons (Fsp3) is 0.240. The highest BCUT2D eigenvalue weighted by atomic mass is 32.2. The largest absolute Gasteiger partial charge is 0.481 e. The van der Waals surface area contributed by atoms with Crippen LogP contribution in [0.2, 0.25) is 0 Å². The Morgan fingerprint density at radius 2 is 1.63 bits per heavy atom. The van der Waals surface area contributed by atoms with E-state index in [1.807, 2.05) is 12.1 Å². The van der Waals surface area contributed by atoms with Gasteiger partial charge in [-0.25, -0.2) is 8.42 Å². The highest BCUT2D eigenvalue weighted by Gasteiger charge is 2.32. The maximum absolute atomic E-state index is 13.4. The van der Waals surface area contributed by atoms with Crippen molar-refractivity contribution in [2.24, 2.45) is 0 Å². The van der Waals surface area contributed by atoms with Crippen molar-refractivity contribution in [1.82, 2.24) is 9.62 Å². The van der Waals surface area contributed by atoms with Gasteiger partial charge in [0.15, 0.2) is 0 Å². The number of nitrogens with one attached hydrogen (secondary N) is 1. The quantitative estimate of drug-likeness (QED) is 0.389. The molecule has 0 saturated carbocycles. The van der Waals surface area contributed by atoms with E-state index < -0.39 is 46.9 Å². The molecule has 0 fully saturated rings. The van der Waals surface area contributed by atoms with Gasteiger partial charge in [0.2, 0.25) is 15.9 Å². The minimum absolute atomic E-state index is 0.0354. The maximum Gasteiger partial charge on any atom is 0.325 e. The third-order valence-corrected chi connectivity index (χ3v) is 6.63. The summed E-state index contributed by atoms with van der Waals surface area (Å²) < 4.78 is 33.4. The Morgan fingerprint density at radius 3 is 2.29 bits per heavy atom. The molecule has 0 saturated heterocycles. The van der Waals surface area contributed by atoms with Gasteiger partial charge in [0, 0.05) is 6.54 Å². The number of carboxylic acids is 1. The Morgan fingerprint density at radius 1 is 0.971 bits per heavy atom. The summed E-state index contributed by atoms with van der Waals surface area (Å²) in [4.78, 5) is 38.0. The number of carbonyl (C=O) groups excluding carboxylic acids is 2. The Labute approximate surface area is 203 Å². The smallest absolute Gasteiger partial charge is 0.325 e. The molecule has 0 heterocycles. The zero-order valence-corrected chi connectivity index (χ0v) is 19.9. The van der Waals surface area contributed by atoms with E-state index >= 15 is 0 Å². The van der Waals surface area contributed by atoms with E-state index in [1.54, 1.807) is 55.5 Å². The highest BCUT2D eigenvalue weighted by Crippen LogP contribution is 2.20. The summed E-state index contributed by atoms with van der Waals surface area (Å²) in [6.45, 7) is 1.22. The molecule has 9 nitrogen and oxygen atoms in total. The molecule has 0 radical (unpaired) electrons. The van der Waals surface area contributed by atoms with Crippen molar-refractivity contribution >= 4 is 38.6 Å². The number of ether oxygens (including phenoxy) is 1. The van der Waals surface area contributed by atoms with Crippen LogP contribution >= 0.6 is 0 Å². The lowest BCUT2D eigenvalue weighted by atomic mass is 10.1. The predicted molar refractivity (Wildman–Crippen MR) is 129 cm³/mol. The lowest BCUT2D eigenvalue weighted by Crippen LogP contribution is -2.50. The topological polar surface area (TPSA) is 130 Å². The van der Waals surface area contributed by atoms with Crippen LogP contribution in [0.4, 0.5) is 0 Å². The number of carbonyl (C=O) groups is 3. The van der Waals surface area contributed by atoms with E-state index in [4.69, 9.17) is 4.74 Å². The molecule has 1 amide bonds. The minimum atomic E-state index is -4.26. The second-order valence-electron chi connectivity index (χ2n) is 7.77. The van der Waals surface area contributed by atoms with Crippen LogP contribution in [-0.2, 0) is 35.7 Å². The lowest BCUT2D eigenvalue weighted by molar-refractivity contribution is -0.150. The molecule has 35 heavy (non-hydrogen) atoms. The average Bonchev–Trinajstić information content (AvgIpc) is 2.83. The van der Waals surface area contributed by atoms with Gasteiger partial charge < -0.3 is 14.7 Å². The van der Waals surface area contributed by atoms with E-state index in [0.29, 0.717) is 10.9 Å². The number of carboxylic acid groups (broad SMARTS) is 1. The van der Waals surface area contributed by atoms with E-state index in [9.17, 15) is 27.9 Å². The standard InChI is InChI=1S/C25H26N2O7S/c1-2-34-24(30)17-27(16-18-8-4-3-5-9-18)25(31)22(15-23(28)29)26-35(32,33)21-13-12-19-10-6-7-11-20(19)14-21/h3-14,22,26H,2,15-17H2,1H3,(H,28,29)/t22-/m0/s1. The van der Waals surface area contributed by atoms with Crippen molar-refractivity contribution in [2.45, 2.75) is 30.8 Å². The number of hydrogen-bond acceptors (Lipinski definition) is 6. The summed E-state index contributed by atoms with van der Waals surface area (Å²) in [5.74, 6) is -2.92. The molecule has 0 unspecified atom stereocenters. The van der Waals surface area contributed by atoms with Crippen LogP contribution in [0.3, 0.4) is 0 Å². The highest BCUT2D eigenvalue weighted by molar-refractivity contribution is 7.89. The number of amides is 1. The predicted octanol–water partition coefficient (Wildman–Crippen LogP) is 2.55. The normalized spacial score (nSPS) is 12.1. The summed E-state index contributed by atoms with van der Waals surface area (Å²) in [5, 5.41) is 10.9. The lowest BCUT2D eigenvalue weighted by Gasteiger charge is -2.26. The molecule has 3 aromatic rings. The van der Waals surface area contributed by atoms with E-state index in [1.165, 1.54) is 12.1 Å². The molecule has 0 aliphatic heterocycles. The Balaban J connectivity index is 1.90. The van der Waals surface area contributed by atoms with Gasteiger partial charge >= 0.3 is 11.9 Å². The summed E-state index contributed by atoms with van der Waals surface area (Å²) in [6, 6.07) is 18.7. The molecule has 3 rings (SSSR count). The second kappa shape index (κ2) is 11.6. The molecular formula is C25H26N2O7S. The van der Waals surface area contributed by atoms with E-state index in [-0.39, 0.29) is 18.0 Å². The maximum atomic E-state index is 13.4. The van der Waals surface area contributed by atoms with Crippen molar-refractivity contribution in [3.63, 3.8) is 0 Å². The Bertz CT molecular complexity index is 1310. The van der Waals surface area contributed by atoms with Gasteiger partial charge in [0.25, 0.3) is 0 Å². The molecule has 0 aliphatic carbocycles. The molecule has 0 aliphatic rings. The SMILES string of the molecule is CCOC(=O)CN(Cc1ccccc1)C(=O)[C@H](CC(=O)O)NS(=O)(=O)c1ccc2ccccc2c1. The number of aliphatic carboxylic acids is 1. The molecular weight excluding hydrogens is 472 g/mol. The van der Waals surface area contributed by atoms with Gasteiger partial charge in [0.1, 0.15) is 12.6 Å². The van der Waals surface area contributed by atoms with Gasteiger partial charge in [-0.3, -0.25) is 14.4 Å². The zero-order chi connectivity index (χ0) is 25.4. The number of fused-ring (bicyclic) bond motifs is 1. The van der Waals surface area contributed by atoms with Crippen molar-refractivity contribution in [3.05, 3.63) is 78.4 Å². The van der Waals surface area contributed by atoms with Gasteiger partial charge in [-0.15, -0.1) is 0 Å². The molecule has 3 aromatic carbocycles. The molecule has 0 bridgehead atoms. The van der Waals surface area contributed by atoms with Crippen molar-refractivity contribution in [3.8, 4) is 0 Å². The molecule has 0 spiro atoms. The third-order valence-electron chi connectivity index (χ3n) is 5.16. The van der Waals surface area contributed by atoms with Crippen molar-refractivity contribution in [2.75, 3.05) is 13.2 Å². The van der Waals surface area contributed by atoms with Crippen LogP contribution in [0, 0.1) is 0 Å². The fourth-order valence-corrected chi connectivity index (χ4v) is 4.77. The number of benzene rings is 3. The van der Waals surface area contributed by atoms with Crippen LogP contribution in [0.25, 0.3) is 10.8 Å². The number of sulfonamides is 1. The number of nitrogens with zero attached hydrogens (tertiary/aromatic N) is 1. The Kier molecular flexibility index (Phi) is 8.56. The van der Waals surface area contributed by atoms with E-state index in [2.05, 4.69) is 4.72 Å². The van der Waals surface area contributed by atoms with Gasteiger partial charge in [-0.1, -0.05) is 60.7 Å². The van der Waals surface area contributed by atoms with Gasteiger partial charge in [-0.2, -0.15) is 4.72 Å². The van der Waals surface area contributed by atoms with E-state index in [0.717, 1.165) is 10.3 Å². The third kappa shape index (κ3) is 7.11.